The predicted molar refractivity (Wildman–Crippen MR) is 79.0 cm³/mol. The average Bonchev–Trinajstić information content (AvgIpc) is 2.41. The second kappa shape index (κ2) is 6.32. The van der Waals surface area contributed by atoms with Crippen molar-refractivity contribution in [2.75, 3.05) is 18.5 Å². The molecule has 114 valence electrons. The number of nitrogens with one attached hydrogen (secondary N) is 2. The summed E-state index contributed by atoms with van der Waals surface area (Å²) in [6.07, 6.45) is 1.73. The van der Waals surface area contributed by atoms with Crippen LogP contribution in [0.15, 0.2) is 18.2 Å². The number of carboxylic acids is 1. The first-order chi connectivity index (χ1) is 9.89. The molecule has 1 atom stereocenters. The lowest BCUT2D eigenvalue weighted by atomic mass is 9.95. The monoisotopic (exact) mass is 312 g/mol. The van der Waals surface area contributed by atoms with Crippen molar-refractivity contribution in [3.05, 3.63) is 28.8 Å². The van der Waals surface area contributed by atoms with Crippen LogP contribution in [0.25, 0.3) is 0 Å². The Balaban J connectivity index is 2.01. The van der Waals surface area contributed by atoms with Crippen molar-refractivity contribution in [2.24, 2.45) is 0 Å². The molecule has 1 aliphatic heterocycles. The normalized spacial score (nSPS) is 21.6. The molecule has 6 nitrogen and oxygen atoms in total. The molecule has 0 radical (unpaired) electrons. The highest BCUT2D eigenvalue weighted by Gasteiger charge is 2.29. The van der Waals surface area contributed by atoms with E-state index in [1.165, 1.54) is 18.2 Å². The molecule has 1 aromatic rings. The van der Waals surface area contributed by atoms with E-state index in [9.17, 15) is 9.59 Å². The number of rotatable bonds is 3. The largest absolute Gasteiger partial charge is 0.478 e. The smallest absolute Gasteiger partial charge is 0.335 e. The Morgan fingerprint density at radius 1 is 1.43 bits per heavy atom. The van der Waals surface area contributed by atoms with Gasteiger partial charge in [-0.25, -0.2) is 9.59 Å². The summed E-state index contributed by atoms with van der Waals surface area (Å²) in [5.41, 5.74) is 0.0219. The number of halogens is 1. The number of carbonyl (C=O) groups is 2. The van der Waals surface area contributed by atoms with Crippen LogP contribution in [0.1, 0.15) is 30.1 Å². The van der Waals surface area contributed by atoms with Gasteiger partial charge >= 0.3 is 12.0 Å². The molecule has 2 amide bonds. The Morgan fingerprint density at radius 3 is 2.76 bits per heavy atom. The summed E-state index contributed by atoms with van der Waals surface area (Å²) in [5, 5.41) is 14.5. The van der Waals surface area contributed by atoms with Crippen molar-refractivity contribution < 1.29 is 19.4 Å². The zero-order valence-corrected chi connectivity index (χ0v) is 12.4. The average molecular weight is 313 g/mol. The lowest BCUT2D eigenvalue weighted by molar-refractivity contribution is 0.0342. The summed E-state index contributed by atoms with van der Waals surface area (Å²) >= 11 is 5.96. The van der Waals surface area contributed by atoms with Gasteiger partial charge in [-0.2, -0.15) is 0 Å². The van der Waals surface area contributed by atoms with Gasteiger partial charge in [-0.1, -0.05) is 11.6 Å². The molecule has 1 aliphatic rings. The van der Waals surface area contributed by atoms with Crippen LogP contribution < -0.4 is 10.6 Å². The maximum Gasteiger partial charge on any atom is 0.335 e. The molecule has 2 rings (SSSR count). The summed E-state index contributed by atoms with van der Waals surface area (Å²) in [5.74, 6) is -1.07. The van der Waals surface area contributed by atoms with Crippen molar-refractivity contribution in [3.63, 3.8) is 0 Å². The van der Waals surface area contributed by atoms with Gasteiger partial charge in [-0.05, 0) is 38.0 Å². The number of carbonyl (C=O) groups excluding carboxylic acids is 1. The van der Waals surface area contributed by atoms with Crippen LogP contribution >= 0.6 is 11.6 Å². The minimum atomic E-state index is -1.07. The van der Waals surface area contributed by atoms with Crippen LogP contribution in [0, 0.1) is 0 Å². The quantitative estimate of drug-likeness (QED) is 0.800. The highest BCUT2D eigenvalue weighted by atomic mass is 35.5. The number of carboxylic acid groups (broad SMARTS) is 1. The van der Waals surface area contributed by atoms with Crippen molar-refractivity contribution in [2.45, 2.75) is 25.3 Å². The molecule has 1 heterocycles. The Labute approximate surface area is 127 Å². The standard InChI is InChI=1S/C14H17ClN2O4/c1-14(5-2-6-21-8-14)17-13(20)16-11-4-3-9(12(18)19)7-10(11)15/h3-4,7H,2,5-6,8H2,1H3,(H,18,19)(H2,16,17,20). The van der Waals surface area contributed by atoms with Crippen molar-refractivity contribution in [3.8, 4) is 0 Å². The topological polar surface area (TPSA) is 87.7 Å². The Bertz CT molecular complexity index is 556. The number of hydrogen-bond acceptors (Lipinski definition) is 3. The minimum absolute atomic E-state index is 0.0681. The number of benzene rings is 1. The highest BCUT2D eigenvalue weighted by Crippen LogP contribution is 2.24. The van der Waals surface area contributed by atoms with Crippen LogP contribution in [0.3, 0.4) is 0 Å². The number of anilines is 1. The van der Waals surface area contributed by atoms with Gasteiger partial charge in [-0.15, -0.1) is 0 Å². The third kappa shape index (κ3) is 4.09. The number of urea groups is 1. The third-order valence-electron chi connectivity index (χ3n) is 3.32. The highest BCUT2D eigenvalue weighted by molar-refractivity contribution is 6.34. The van der Waals surface area contributed by atoms with Gasteiger partial charge < -0.3 is 20.5 Å². The van der Waals surface area contributed by atoms with Crippen LogP contribution in [-0.4, -0.2) is 35.9 Å². The molecule has 3 N–H and O–H groups in total. The van der Waals surface area contributed by atoms with Gasteiger partial charge in [0.1, 0.15) is 0 Å². The maximum absolute atomic E-state index is 12.0. The van der Waals surface area contributed by atoms with E-state index in [-0.39, 0.29) is 10.6 Å². The lowest BCUT2D eigenvalue weighted by Gasteiger charge is -2.34. The van der Waals surface area contributed by atoms with E-state index in [4.69, 9.17) is 21.4 Å². The van der Waals surface area contributed by atoms with Gasteiger partial charge in [-0.3, -0.25) is 0 Å². The van der Waals surface area contributed by atoms with Gasteiger partial charge in [0.05, 0.1) is 28.4 Å². The molecule has 0 bridgehead atoms. The Morgan fingerprint density at radius 2 is 2.19 bits per heavy atom. The molecule has 0 aromatic heterocycles. The first-order valence-corrected chi connectivity index (χ1v) is 6.97. The molecule has 7 heteroatoms. The summed E-state index contributed by atoms with van der Waals surface area (Å²) in [6.45, 7) is 3.09. The number of ether oxygens (including phenoxy) is 1. The minimum Gasteiger partial charge on any atom is -0.478 e. The van der Waals surface area contributed by atoms with E-state index in [0.29, 0.717) is 18.9 Å². The van der Waals surface area contributed by atoms with Gasteiger partial charge in [0.25, 0.3) is 0 Å². The summed E-state index contributed by atoms with van der Waals surface area (Å²) < 4.78 is 5.37. The van der Waals surface area contributed by atoms with Crippen LogP contribution in [0.4, 0.5) is 10.5 Å². The summed E-state index contributed by atoms with van der Waals surface area (Å²) in [4.78, 5) is 22.8. The molecule has 21 heavy (non-hydrogen) atoms. The molecule has 1 saturated heterocycles. The molecule has 0 aliphatic carbocycles. The van der Waals surface area contributed by atoms with E-state index in [1.807, 2.05) is 6.92 Å². The fourth-order valence-corrected chi connectivity index (χ4v) is 2.44. The van der Waals surface area contributed by atoms with E-state index in [2.05, 4.69) is 10.6 Å². The van der Waals surface area contributed by atoms with Crippen molar-refractivity contribution >= 4 is 29.3 Å². The van der Waals surface area contributed by atoms with Crippen molar-refractivity contribution in [1.82, 2.24) is 5.32 Å². The van der Waals surface area contributed by atoms with Crippen LogP contribution in [0.5, 0.6) is 0 Å². The zero-order valence-electron chi connectivity index (χ0n) is 11.6. The lowest BCUT2D eigenvalue weighted by Crippen LogP contribution is -2.52. The number of hydrogen-bond donors (Lipinski definition) is 3. The van der Waals surface area contributed by atoms with E-state index in [1.54, 1.807) is 0 Å². The molecular weight excluding hydrogens is 296 g/mol. The number of aromatic carboxylic acids is 1. The Kier molecular flexibility index (Phi) is 4.69. The van der Waals surface area contributed by atoms with E-state index < -0.39 is 17.5 Å². The summed E-state index contributed by atoms with van der Waals surface area (Å²) in [6, 6.07) is 3.75. The first kappa shape index (κ1) is 15.6. The predicted octanol–water partition coefficient (Wildman–Crippen LogP) is 2.73. The van der Waals surface area contributed by atoms with Crippen molar-refractivity contribution in [1.29, 1.82) is 0 Å². The molecule has 1 fully saturated rings. The SMILES string of the molecule is CC1(NC(=O)Nc2ccc(C(=O)O)cc2Cl)CCCOC1. The number of amides is 2. The van der Waals surface area contributed by atoms with Gasteiger partial charge in [0.15, 0.2) is 0 Å². The van der Waals surface area contributed by atoms with Gasteiger partial charge in [0.2, 0.25) is 0 Å². The second-order valence-electron chi connectivity index (χ2n) is 5.30. The molecular formula is C14H17ClN2O4. The van der Waals surface area contributed by atoms with E-state index in [0.717, 1.165) is 12.8 Å². The third-order valence-corrected chi connectivity index (χ3v) is 3.63. The van der Waals surface area contributed by atoms with Gasteiger partial charge in [0, 0.05) is 6.61 Å². The zero-order chi connectivity index (χ0) is 15.5. The summed E-state index contributed by atoms with van der Waals surface area (Å²) in [7, 11) is 0. The first-order valence-electron chi connectivity index (χ1n) is 6.59. The van der Waals surface area contributed by atoms with E-state index >= 15 is 0 Å². The fourth-order valence-electron chi connectivity index (χ4n) is 2.21. The second-order valence-corrected chi connectivity index (χ2v) is 5.70. The maximum atomic E-state index is 12.0. The van der Waals surface area contributed by atoms with Crippen LogP contribution in [0.2, 0.25) is 5.02 Å². The molecule has 1 unspecified atom stereocenters. The fraction of sp³-hybridized carbons (Fsp3) is 0.429. The molecule has 0 saturated carbocycles. The van der Waals surface area contributed by atoms with Crippen LogP contribution in [-0.2, 0) is 4.74 Å². The Hall–Kier alpha value is -1.79. The molecule has 1 aromatic carbocycles. The molecule has 0 spiro atoms.